The summed E-state index contributed by atoms with van der Waals surface area (Å²) in [6.45, 7) is 0. The van der Waals surface area contributed by atoms with Gasteiger partial charge in [0.15, 0.2) is 0 Å². The molecule has 1 N–H and O–H groups in total. The molecule has 1 aliphatic rings. The van der Waals surface area contributed by atoms with Crippen LogP contribution in [0.3, 0.4) is 0 Å². The smallest absolute Gasteiger partial charge is 0.0795 e. The van der Waals surface area contributed by atoms with Crippen LogP contribution in [0.4, 0.5) is 0 Å². The average molecular weight is 199 g/mol. The van der Waals surface area contributed by atoms with Crippen molar-refractivity contribution in [1.29, 1.82) is 0 Å². The summed E-state index contributed by atoms with van der Waals surface area (Å²) in [5.74, 6) is 0. The number of rotatable bonds is 1. The second kappa shape index (κ2) is 3.24. The molecule has 3 rings (SSSR count). The molecule has 1 aromatic carbocycles. The molecule has 15 heavy (non-hydrogen) atoms. The first-order valence-corrected chi connectivity index (χ1v) is 5.29. The monoisotopic (exact) mass is 199 g/mol. The maximum atomic E-state index is 9.70. The summed E-state index contributed by atoms with van der Waals surface area (Å²) in [6.07, 6.45) is 5.68. The van der Waals surface area contributed by atoms with E-state index in [1.54, 1.807) is 0 Å². The molecule has 2 aromatic rings. The highest BCUT2D eigenvalue weighted by atomic mass is 16.3. The Balaban J connectivity index is 2.07. The summed E-state index contributed by atoms with van der Waals surface area (Å²) in [5, 5.41) is 9.70. The quantitative estimate of drug-likeness (QED) is 0.749. The van der Waals surface area contributed by atoms with E-state index in [1.165, 1.54) is 11.3 Å². The number of aryl methyl sites for hydroxylation is 1. The Hall–Kier alpha value is -1.54. The topological polar surface area (TPSA) is 25.2 Å². The number of nitrogens with zero attached hydrogens (tertiary/aromatic N) is 1. The molecule has 76 valence electrons. The molecule has 0 saturated heterocycles. The van der Waals surface area contributed by atoms with Gasteiger partial charge in [-0.05, 0) is 48.2 Å². The average Bonchev–Trinajstić information content (AvgIpc) is 2.88. The van der Waals surface area contributed by atoms with E-state index in [0.717, 1.165) is 18.4 Å². The van der Waals surface area contributed by atoms with E-state index in [4.69, 9.17) is 0 Å². The van der Waals surface area contributed by atoms with Crippen molar-refractivity contribution in [3.63, 3.8) is 0 Å². The first-order valence-electron chi connectivity index (χ1n) is 5.29. The third-order valence-corrected chi connectivity index (χ3v) is 3.08. The minimum atomic E-state index is -0.251. The van der Waals surface area contributed by atoms with E-state index >= 15 is 0 Å². The van der Waals surface area contributed by atoms with Crippen molar-refractivity contribution in [3.8, 4) is 5.69 Å². The summed E-state index contributed by atoms with van der Waals surface area (Å²) in [6, 6.07) is 10.3. The predicted octanol–water partition coefficient (Wildman–Crippen LogP) is 2.46. The summed E-state index contributed by atoms with van der Waals surface area (Å²) in [5.41, 5.74) is 3.56. The number of hydrogen-bond acceptors (Lipinski definition) is 1. The van der Waals surface area contributed by atoms with Crippen LogP contribution in [-0.2, 0) is 6.42 Å². The molecule has 0 spiro atoms. The van der Waals surface area contributed by atoms with E-state index in [1.807, 2.05) is 30.6 Å². The zero-order valence-corrected chi connectivity index (χ0v) is 8.43. The largest absolute Gasteiger partial charge is 0.388 e. The zero-order valence-electron chi connectivity index (χ0n) is 8.43. The lowest BCUT2D eigenvalue weighted by Crippen LogP contribution is -1.94. The van der Waals surface area contributed by atoms with Crippen molar-refractivity contribution in [2.45, 2.75) is 18.9 Å². The zero-order chi connectivity index (χ0) is 10.3. The molecule has 1 aromatic heterocycles. The number of aromatic nitrogens is 1. The van der Waals surface area contributed by atoms with Crippen molar-refractivity contribution < 1.29 is 5.11 Å². The van der Waals surface area contributed by atoms with Gasteiger partial charge in [-0.15, -0.1) is 0 Å². The lowest BCUT2D eigenvalue weighted by atomic mass is 10.1. The summed E-state index contributed by atoms with van der Waals surface area (Å²) >= 11 is 0. The maximum absolute atomic E-state index is 9.70. The summed E-state index contributed by atoms with van der Waals surface area (Å²) in [7, 11) is 0. The molecular formula is C13H13NO. The van der Waals surface area contributed by atoms with Gasteiger partial charge in [0.2, 0.25) is 0 Å². The van der Waals surface area contributed by atoms with Crippen molar-refractivity contribution in [2.75, 3.05) is 0 Å². The Kier molecular flexibility index (Phi) is 1.89. The molecule has 2 nitrogen and oxygen atoms in total. The fourth-order valence-corrected chi connectivity index (χ4v) is 2.25. The van der Waals surface area contributed by atoms with Gasteiger partial charge >= 0.3 is 0 Å². The molecule has 2 heteroatoms. The first kappa shape index (κ1) is 8.74. The SMILES string of the molecule is OC1CCc2cc(-n3cccc3)ccc21. The molecule has 0 saturated carbocycles. The van der Waals surface area contributed by atoms with Crippen molar-refractivity contribution in [3.05, 3.63) is 53.9 Å². The molecule has 0 amide bonds. The van der Waals surface area contributed by atoms with Crippen molar-refractivity contribution in [2.24, 2.45) is 0 Å². The van der Waals surface area contributed by atoms with Gasteiger partial charge in [-0.1, -0.05) is 6.07 Å². The van der Waals surface area contributed by atoms with Crippen LogP contribution in [0.15, 0.2) is 42.7 Å². The van der Waals surface area contributed by atoms with Crippen LogP contribution in [0.5, 0.6) is 0 Å². The number of benzene rings is 1. The van der Waals surface area contributed by atoms with Crippen molar-refractivity contribution in [1.82, 2.24) is 4.57 Å². The minimum absolute atomic E-state index is 0.251. The van der Waals surface area contributed by atoms with Crippen LogP contribution in [0.1, 0.15) is 23.7 Å². The fourth-order valence-electron chi connectivity index (χ4n) is 2.25. The van der Waals surface area contributed by atoms with E-state index in [-0.39, 0.29) is 6.10 Å². The van der Waals surface area contributed by atoms with Gasteiger partial charge in [-0.25, -0.2) is 0 Å². The third kappa shape index (κ3) is 1.38. The molecule has 1 aliphatic carbocycles. The second-order valence-electron chi connectivity index (χ2n) is 4.03. The lowest BCUT2D eigenvalue weighted by molar-refractivity contribution is 0.180. The van der Waals surface area contributed by atoms with E-state index in [2.05, 4.69) is 16.7 Å². The number of fused-ring (bicyclic) bond motifs is 1. The normalized spacial score (nSPS) is 19.1. The highest BCUT2D eigenvalue weighted by molar-refractivity contribution is 5.44. The van der Waals surface area contributed by atoms with Crippen LogP contribution >= 0.6 is 0 Å². The molecule has 1 unspecified atom stereocenters. The minimum Gasteiger partial charge on any atom is -0.388 e. The Morgan fingerprint density at radius 2 is 2.00 bits per heavy atom. The summed E-state index contributed by atoms with van der Waals surface area (Å²) < 4.78 is 2.09. The Morgan fingerprint density at radius 1 is 1.20 bits per heavy atom. The van der Waals surface area contributed by atoms with Gasteiger partial charge in [-0.3, -0.25) is 0 Å². The fraction of sp³-hybridized carbons (Fsp3) is 0.231. The third-order valence-electron chi connectivity index (χ3n) is 3.08. The van der Waals surface area contributed by atoms with Crippen molar-refractivity contribution >= 4 is 0 Å². The van der Waals surface area contributed by atoms with Gasteiger partial charge in [0.25, 0.3) is 0 Å². The van der Waals surface area contributed by atoms with E-state index in [9.17, 15) is 5.11 Å². The summed E-state index contributed by atoms with van der Waals surface area (Å²) in [4.78, 5) is 0. The molecule has 0 aliphatic heterocycles. The second-order valence-corrected chi connectivity index (χ2v) is 4.03. The molecule has 0 bridgehead atoms. The van der Waals surface area contributed by atoms with E-state index in [0.29, 0.717) is 0 Å². The highest BCUT2D eigenvalue weighted by Crippen LogP contribution is 2.32. The van der Waals surface area contributed by atoms with Gasteiger partial charge in [0.05, 0.1) is 6.10 Å². The Morgan fingerprint density at radius 3 is 2.80 bits per heavy atom. The van der Waals surface area contributed by atoms with Crippen LogP contribution < -0.4 is 0 Å². The predicted molar refractivity (Wildman–Crippen MR) is 59.0 cm³/mol. The Bertz CT molecular complexity index is 473. The van der Waals surface area contributed by atoms with Crippen LogP contribution in [0, 0.1) is 0 Å². The van der Waals surface area contributed by atoms with Gasteiger partial charge in [-0.2, -0.15) is 0 Å². The molecule has 0 radical (unpaired) electrons. The van der Waals surface area contributed by atoms with Crippen LogP contribution in [0.2, 0.25) is 0 Å². The number of hydrogen-bond donors (Lipinski definition) is 1. The standard InChI is InChI=1S/C13H13NO/c15-13-6-3-10-9-11(4-5-12(10)13)14-7-1-2-8-14/h1-2,4-5,7-9,13,15H,3,6H2. The van der Waals surface area contributed by atoms with E-state index < -0.39 is 0 Å². The lowest BCUT2D eigenvalue weighted by Gasteiger charge is -2.07. The Labute approximate surface area is 88.8 Å². The molecule has 1 atom stereocenters. The first-order chi connectivity index (χ1) is 7.34. The number of aliphatic hydroxyl groups excluding tert-OH is 1. The molecular weight excluding hydrogens is 186 g/mol. The molecule has 1 heterocycles. The van der Waals surface area contributed by atoms with Gasteiger partial charge in [0, 0.05) is 18.1 Å². The number of aliphatic hydroxyl groups is 1. The van der Waals surface area contributed by atoms with Gasteiger partial charge in [0.1, 0.15) is 0 Å². The highest BCUT2D eigenvalue weighted by Gasteiger charge is 2.19. The van der Waals surface area contributed by atoms with Gasteiger partial charge < -0.3 is 9.67 Å². The van der Waals surface area contributed by atoms with Crippen LogP contribution in [-0.4, -0.2) is 9.67 Å². The maximum Gasteiger partial charge on any atom is 0.0795 e. The molecule has 0 fully saturated rings. The van der Waals surface area contributed by atoms with Crippen LogP contribution in [0.25, 0.3) is 5.69 Å².